The van der Waals surface area contributed by atoms with E-state index in [2.05, 4.69) is 13.8 Å². The van der Waals surface area contributed by atoms with Gasteiger partial charge in [-0.1, -0.05) is 78.1 Å². The van der Waals surface area contributed by atoms with E-state index in [1.54, 1.807) is 0 Å². The van der Waals surface area contributed by atoms with Gasteiger partial charge in [-0.2, -0.15) is 0 Å². The second-order valence-corrected chi connectivity index (χ2v) is 9.18. The summed E-state index contributed by atoms with van der Waals surface area (Å²) in [6, 6.07) is 0. The van der Waals surface area contributed by atoms with Crippen molar-refractivity contribution < 1.29 is 5.11 Å². The third kappa shape index (κ3) is 6.70. The molecular formula is C23H44O. The molecule has 2 saturated carbocycles. The molecule has 0 aromatic rings. The van der Waals surface area contributed by atoms with Crippen LogP contribution in [-0.4, -0.2) is 11.7 Å². The summed E-state index contributed by atoms with van der Waals surface area (Å²) >= 11 is 0. The zero-order valence-corrected chi connectivity index (χ0v) is 16.6. The van der Waals surface area contributed by atoms with Crippen molar-refractivity contribution in [2.75, 3.05) is 6.61 Å². The van der Waals surface area contributed by atoms with E-state index in [-0.39, 0.29) is 0 Å². The molecule has 1 atom stereocenters. The van der Waals surface area contributed by atoms with Crippen LogP contribution in [0.3, 0.4) is 0 Å². The SMILES string of the molecule is CCCCCCCC1CCC(C(CCO)C2CCC(C)CC2)CC1. The van der Waals surface area contributed by atoms with Crippen molar-refractivity contribution in [3.05, 3.63) is 0 Å². The van der Waals surface area contributed by atoms with Gasteiger partial charge in [0.15, 0.2) is 0 Å². The molecule has 2 rings (SSSR count). The van der Waals surface area contributed by atoms with Crippen molar-refractivity contribution in [1.29, 1.82) is 0 Å². The topological polar surface area (TPSA) is 20.2 Å². The van der Waals surface area contributed by atoms with Gasteiger partial charge in [-0.05, 0) is 61.7 Å². The van der Waals surface area contributed by atoms with Gasteiger partial charge in [0, 0.05) is 6.61 Å². The lowest BCUT2D eigenvalue weighted by Gasteiger charge is -2.40. The summed E-state index contributed by atoms with van der Waals surface area (Å²) in [7, 11) is 0. The molecule has 2 fully saturated rings. The van der Waals surface area contributed by atoms with Crippen LogP contribution in [0.15, 0.2) is 0 Å². The third-order valence-corrected chi connectivity index (χ3v) is 7.34. The maximum Gasteiger partial charge on any atom is 0.0433 e. The summed E-state index contributed by atoms with van der Waals surface area (Å²) in [4.78, 5) is 0. The maximum absolute atomic E-state index is 9.59. The molecule has 2 aliphatic carbocycles. The van der Waals surface area contributed by atoms with Crippen molar-refractivity contribution in [3.63, 3.8) is 0 Å². The Kier molecular flexibility index (Phi) is 9.76. The monoisotopic (exact) mass is 336 g/mol. The van der Waals surface area contributed by atoms with Crippen molar-refractivity contribution in [2.24, 2.45) is 29.6 Å². The minimum absolute atomic E-state index is 0.411. The molecule has 0 spiro atoms. The highest BCUT2D eigenvalue weighted by Crippen LogP contribution is 2.44. The fourth-order valence-corrected chi connectivity index (χ4v) is 5.66. The molecule has 1 unspecified atom stereocenters. The Bertz CT molecular complexity index is 297. The zero-order chi connectivity index (χ0) is 17.2. The summed E-state index contributed by atoms with van der Waals surface area (Å²) in [5.41, 5.74) is 0. The standard InChI is InChI=1S/C23H44O/c1-3-4-5-6-7-8-20-11-15-22(16-12-20)23(17-18-24)21-13-9-19(2)10-14-21/h19-24H,3-18H2,1-2H3. The molecule has 0 aromatic heterocycles. The van der Waals surface area contributed by atoms with E-state index in [1.807, 2.05) is 0 Å². The Hall–Kier alpha value is -0.0400. The molecule has 1 nitrogen and oxygen atoms in total. The minimum atomic E-state index is 0.411. The fourth-order valence-electron chi connectivity index (χ4n) is 5.66. The summed E-state index contributed by atoms with van der Waals surface area (Å²) in [5.74, 6) is 4.63. The van der Waals surface area contributed by atoms with Crippen LogP contribution in [0.1, 0.15) is 110 Å². The molecule has 0 amide bonds. The number of unbranched alkanes of at least 4 members (excludes halogenated alkanes) is 4. The Morgan fingerprint density at radius 3 is 1.96 bits per heavy atom. The number of aliphatic hydroxyl groups excluding tert-OH is 1. The lowest BCUT2D eigenvalue weighted by atomic mass is 9.65. The second kappa shape index (κ2) is 11.6. The van der Waals surface area contributed by atoms with Crippen LogP contribution in [0, 0.1) is 29.6 Å². The Morgan fingerprint density at radius 2 is 1.38 bits per heavy atom. The molecule has 0 radical (unpaired) electrons. The summed E-state index contributed by atoms with van der Waals surface area (Å²) in [6.45, 7) is 5.13. The predicted octanol–water partition coefficient (Wildman–Crippen LogP) is 6.98. The Morgan fingerprint density at radius 1 is 0.792 bits per heavy atom. The highest BCUT2D eigenvalue weighted by Gasteiger charge is 2.33. The quantitative estimate of drug-likeness (QED) is 0.427. The fraction of sp³-hybridized carbons (Fsp3) is 1.00. The molecular weight excluding hydrogens is 292 g/mol. The van der Waals surface area contributed by atoms with E-state index in [4.69, 9.17) is 0 Å². The molecule has 0 aromatic carbocycles. The molecule has 2 aliphatic rings. The summed E-state index contributed by atoms with van der Waals surface area (Å²) < 4.78 is 0. The van der Waals surface area contributed by atoms with Crippen molar-refractivity contribution in [1.82, 2.24) is 0 Å². The lowest BCUT2D eigenvalue weighted by Crippen LogP contribution is -2.30. The smallest absolute Gasteiger partial charge is 0.0433 e. The van der Waals surface area contributed by atoms with E-state index >= 15 is 0 Å². The van der Waals surface area contributed by atoms with Gasteiger partial charge in [0.1, 0.15) is 0 Å². The van der Waals surface area contributed by atoms with E-state index in [9.17, 15) is 5.11 Å². The maximum atomic E-state index is 9.59. The van der Waals surface area contributed by atoms with Crippen LogP contribution in [0.4, 0.5) is 0 Å². The second-order valence-electron chi connectivity index (χ2n) is 9.18. The van der Waals surface area contributed by atoms with E-state index < -0.39 is 0 Å². The average molecular weight is 337 g/mol. The Balaban J connectivity index is 1.70. The van der Waals surface area contributed by atoms with Crippen molar-refractivity contribution >= 4 is 0 Å². The van der Waals surface area contributed by atoms with Crippen molar-refractivity contribution in [2.45, 2.75) is 110 Å². The van der Waals surface area contributed by atoms with Gasteiger partial charge in [0.05, 0.1) is 0 Å². The number of hydrogen-bond acceptors (Lipinski definition) is 1. The molecule has 0 heterocycles. The van der Waals surface area contributed by atoms with Gasteiger partial charge >= 0.3 is 0 Å². The minimum Gasteiger partial charge on any atom is -0.396 e. The number of rotatable bonds is 10. The van der Waals surface area contributed by atoms with Crippen LogP contribution >= 0.6 is 0 Å². The van der Waals surface area contributed by atoms with Crippen LogP contribution in [0.2, 0.25) is 0 Å². The first kappa shape index (κ1) is 20.3. The van der Waals surface area contributed by atoms with E-state index in [1.165, 1.54) is 89.9 Å². The lowest BCUT2D eigenvalue weighted by molar-refractivity contribution is 0.0888. The first-order valence-electron chi connectivity index (χ1n) is 11.3. The van der Waals surface area contributed by atoms with Crippen LogP contribution < -0.4 is 0 Å². The molecule has 0 bridgehead atoms. The van der Waals surface area contributed by atoms with Gasteiger partial charge in [-0.3, -0.25) is 0 Å². The molecule has 1 N–H and O–H groups in total. The Labute approximate surface area is 152 Å². The van der Waals surface area contributed by atoms with Crippen molar-refractivity contribution in [3.8, 4) is 0 Å². The summed E-state index contributed by atoms with van der Waals surface area (Å²) in [5, 5.41) is 9.59. The molecule has 0 aliphatic heterocycles. The van der Waals surface area contributed by atoms with Crippen LogP contribution in [0.5, 0.6) is 0 Å². The molecule has 142 valence electrons. The van der Waals surface area contributed by atoms with E-state index in [0.717, 1.165) is 36.0 Å². The number of aliphatic hydroxyl groups is 1. The van der Waals surface area contributed by atoms with Gasteiger partial charge < -0.3 is 5.11 Å². The number of hydrogen-bond donors (Lipinski definition) is 1. The van der Waals surface area contributed by atoms with Gasteiger partial charge in [0.25, 0.3) is 0 Å². The predicted molar refractivity (Wildman–Crippen MR) is 105 cm³/mol. The first-order chi connectivity index (χ1) is 11.7. The van der Waals surface area contributed by atoms with Gasteiger partial charge in [-0.25, -0.2) is 0 Å². The molecule has 0 saturated heterocycles. The molecule has 24 heavy (non-hydrogen) atoms. The first-order valence-corrected chi connectivity index (χ1v) is 11.3. The third-order valence-electron chi connectivity index (χ3n) is 7.34. The largest absolute Gasteiger partial charge is 0.396 e. The highest BCUT2D eigenvalue weighted by molar-refractivity contribution is 4.84. The van der Waals surface area contributed by atoms with Gasteiger partial charge in [0.2, 0.25) is 0 Å². The summed E-state index contributed by atoms with van der Waals surface area (Å²) in [6.07, 6.45) is 21.3. The van der Waals surface area contributed by atoms with E-state index in [0.29, 0.717) is 6.61 Å². The van der Waals surface area contributed by atoms with Crippen LogP contribution in [-0.2, 0) is 0 Å². The molecule has 1 heteroatoms. The average Bonchev–Trinajstić information content (AvgIpc) is 2.61. The van der Waals surface area contributed by atoms with Gasteiger partial charge in [-0.15, -0.1) is 0 Å². The normalized spacial score (nSPS) is 32.6. The zero-order valence-electron chi connectivity index (χ0n) is 16.6. The van der Waals surface area contributed by atoms with Crippen LogP contribution in [0.25, 0.3) is 0 Å². The highest BCUT2D eigenvalue weighted by atomic mass is 16.3.